The molecule has 1 aliphatic rings. The van der Waals surface area contributed by atoms with E-state index in [1.165, 1.54) is 0 Å². The topological polar surface area (TPSA) is 44.0 Å². The fourth-order valence-corrected chi connectivity index (χ4v) is 3.70. The average molecular weight is 371 g/mol. The highest BCUT2D eigenvalue weighted by atomic mass is 35.5. The van der Waals surface area contributed by atoms with E-state index in [4.69, 9.17) is 28.8 Å². The summed E-state index contributed by atoms with van der Waals surface area (Å²) in [5.41, 5.74) is 3.08. The highest BCUT2D eigenvalue weighted by Crippen LogP contribution is 2.27. The molecular formula is C19H19ClN4S. The lowest BCUT2D eigenvalue weighted by molar-refractivity contribution is 0.307. The second kappa shape index (κ2) is 7.02. The van der Waals surface area contributed by atoms with E-state index in [9.17, 15) is 0 Å². The van der Waals surface area contributed by atoms with Crippen molar-refractivity contribution in [3.63, 3.8) is 0 Å². The van der Waals surface area contributed by atoms with E-state index in [1.54, 1.807) is 0 Å². The predicted molar refractivity (Wildman–Crippen MR) is 107 cm³/mol. The molecule has 4 nitrogen and oxygen atoms in total. The molecule has 0 bridgehead atoms. The van der Waals surface area contributed by atoms with Gasteiger partial charge in [0.15, 0.2) is 5.11 Å². The van der Waals surface area contributed by atoms with E-state index < -0.39 is 0 Å². The minimum atomic E-state index is 0.367. The van der Waals surface area contributed by atoms with Crippen LogP contribution in [0.25, 0.3) is 11.0 Å². The van der Waals surface area contributed by atoms with Crippen LogP contribution < -0.4 is 5.32 Å². The molecule has 1 unspecified atom stereocenters. The number of halogens is 1. The van der Waals surface area contributed by atoms with Crippen molar-refractivity contribution in [2.75, 3.05) is 18.4 Å². The van der Waals surface area contributed by atoms with Gasteiger partial charge in [0.25, 0.3) is 0 Å². The molecule has 2 N–H and O–H groups in total. The van der Waals surface area contributed by atoms with E-state index in [0.717, 1.165) is 58.6 Å². The van der Waals surface area contributed by atoms with E-state index in [-0.39, 0.29) is 0 Å². The van der Waals surface area contributed by atoms with Crippen LogP contribution in [-0.4, -0.2) is 33.1 Å². The lowest BCUT2D eigenvalue weighted by Gasteiger charge is -2.33. The summed E-state index contributed by atoms with van der Waals surface area (Å²) >= 11 is 11.5. The minimum absolute atomic E-state index is 0.367. The van der Waals surface area contributed by atoms with Crippen molar-refractivity contribution >= 4 is 45.7 Å². The molecule has 0 spiro atoms. The highest BCUT2D eigenvalue weighted by Gasteiger charge is 2.25. The molecule has 0 aliphatic carbocycles. The van der Waals surface area contributed by atoms with Crippen LogP contribution >= 0.6 is 23.8 Å². The number of benzene rings is 2. The summed E-state index contributed by atoms with van der Waals surface area (Å²) in [5, 5.41) is 4.78. The average Bonchev–Trinajstić information content (AvgIpc) is 3.08. The Labute approximate surface area is 157 Å². The second-order valence-corrected chi connectivity index (χ2v) is 7.18. The molecule has 0 saturated carbocycles. The largest absolute Gasteiger partial charge is 0.348 e. The normalized spacial score (nSPS) is 17.6. The minimum Gasteiger partial charge on any atom is -0.348 e. The first-order valence-electron chi connectivity index (χ1n) is 8.45. The van der Waals surface area contributed by atoms with Crippen molar-refractivity contribution < 1.29 is 0 Å². The summed E-state index contributed by atoms with van der Waals surface area (Å²) in [6.45, 7) is 1.84. The van der Waals surface area contributed by atoms with Crippen LogP contribution in [0, 0.1) is 0 Å². The molecule has 25 heavy (non-hydrogen) atoms. The molecule has 128 valence electrons. The van der Waals surface area contributed by atoms with Gasteiger partial charge in [-0.15, -0.1) is 0 Å². The summed E-state index contributed by atoms with van der Waals surface area (Å²) in [7, 11) is 0. The first-order valence-corrected chi connectivity index (χ1v) is 9.24. The van der Waals surface area contributed by atoms with Crippen LogP contribution in [-0.2, 0) is 0 Å². The molecule has 1 fully saturated rings. The van der Waals surface area contributed by atoms with Crippen LogP contribution in [0.1, 0.15) is 24.6 Å². The number of anilines is 1. The smallest absolute Gasteiger partial charge is 0.173 e. The Morgan fingerprint density at radius 2 is 2.00 bits per heavy atom. The number of nitrogens with one attached hydrogen (secondary N) is 2. The number of nitrogens with zero attached hydrogens (tertiary/aromatic N) is 2. The van der Waals surface area contributed by atoms with Crippen molar-refractivity contribution in [3.05, 3.63) is 59.4 Å². The first kappa shape index (κ1) is 16.4. The number of imidazole rings is 1. The number of para-hydroxylation sites is 2. The molecule has 6 heteroatoms. The number of aromatic nitrogens is 2. The monoisotopic (exact) mass is 370 g/mol. The zero-order chi connectivity index (χ0) is 17.2. The number of hydrogen-bond acceptors (Lipinski definition) is 2. The Morgan fingerprint density at radius 1 is 1.20 bits per heavy atom. The van der Waals surface area contributed by atoms with Gasteiger partial charge in [-0.2, -0.15) is 0 Å². The van der Waals surface area contributed by atoms with Crippen molar-refractivity contribution in [2.45, 2.75) is 18.8 Å². The van der Waals surface area contributed by atoms with Gasteiger partial charge < -0.3 is 15.2 Å². The third kappa shape index (κ3) is 3.62. The predicted octanol–water partition coefficient (Wildman–Crippen LogP) is 4.79. The summed E-state index contributed by atoms with van der Waals surface area (Å²) < 4.78 is 0. The number of piperidine rings is 1. The quantitative estimate of drug-likeness (QED) is 0.636. The zero-order valence-corrected chi connectivity index (χ0v) is 15.3. The number of fused-ring (bicyclic) bond motifs is 1. The maximum absolute atomic E-state index is 5.94. The van der Waals surface area contributed by atoms with E-state index in [0.29, 0.717) is 5.92 Å². The fraction of sp³-hybridized carbons (Fsp3) is 0.263. The zero-order valence-electron chi connectivity index (χ0n) is 13.7. The van der Waals surface area contributed by atoms with Crippen molar-refractivity contribution in [2.24, 2.45) is 0 Å². The summed E-state index contributed by atoms with van der Waals surface area (Å²) in [6.07, 6.45) is 2.23. The molecule has 1 aromatic heterocycles. The molecule has 4 rings (SSSR count). The van der Waals surface area contributed by atoms with Crippen LogP contribution in [0.5, 0.6) is 0 Å². The molecule has 0 amide bonds. The number of aromatic amines is 1. The Balaban J connectivity index is 1.46. The number of hydrogen-bond donors (Lipinski definition) is 2. The maximum Gasteiger partial charge on any atom is 0.173 e. The van der Waals surface area contributed by atoms with Gasteiger partial charge in [-0.1, -0.05) is 23.7 Å². The Morgan fingerprint density at radius 3 is 2.80 bits per heavy atom. The van der Waals surface area contributed by atoms with Crippen molar-refractivity contribution in [1.82, 2.24) is 14.9 Å². The van der Waals surface area contributed by atoms with Crippen LogP contribution in [0.2, 0.25) is 5.02 Å². The van der Waals surface area contributed by atoms with E-state index in [2.05, 4.69) is 21.3 Å². The SMILES string of the molecule is S=C(Nc1ccc(Cl)cc1)N1CCCC(c2nc3ccccc3[nH]2)C1. The van der Waals surface area contributed by atoms with Gasteiger partial charge in [0.1, 0.15) is 5.82 Å². The molecule has 2 aromatic carbocycles. The fourth-order valence-electron chi connectivity index (χ4n) is 3.29. The Hall–Kier alpha value is -2.11. The third-order valence-corrected chi connectivity index (χ3v) is 5.21. The lowest BCUT2D eigenvalue weighted by Crippen LogP contribution is -2.41. The van der Waals surface area contributed by atoms with Crippen LogP contribution in [0.15, 0.2) is 48.5 Å². The van der Waals surface area contributed by atoms with E-state index >= 15 is 0 Å². The van der Waals surface area contributed by atoms with Gasteiger partial charge in [-0.3, -0.25) is 0 Å². The summed E-state index contributed by atoms with van der Waals surface area (Å²) in [4.78, 5) is 10.5. The number of H-pyrrole nitrogens is 1. The molecule has 1 saturated heterocycles. The van der Waals surface area contributed by atoms with Crippen LogP contribution in [0.3, 0.4) is 0 Å². The van der Waals surface area contributed by atoms with Crippen LogP contribution in [0.4, 0.5) is 5.69 Å². The number of likely N-dealkylation sites (tertiary alicyclic amines) is 1. The first-order chi connectivity index (χ1) is 12.2. The molecule has 3 aromatic rings. The lowest BCUT2D eigenvalue weighted by atomic mass is 9.98. The van der Waals surface area contributed by atoms with Gasteiger partial charge >= 0.3 is 0 Å². The molecule has 0 radical (unpaired) electrons. The molecule has 1 aliphatic heterocycles. The molecule has 2 heterocycles. The third-order valence-electron chi connectivity index (χ3n) is 4.60. The summed E-state index contributed by atoms with van der Waals surface area (Å²) in [6, 6.07) is 15.8. The van der Waals surface area contributed by atoms with Crippen molar-refractivity contribution in [3.8, 4) is 0 Å². The maximum atomic E-state index is 5.94. The van der Waals surface area contributed by atoms with Gasteiger partial charge in [0.2, 0.25) is 0 Å². The molecule has 1 atom stereocenters. The molecular weight excluding hydrogens is 352 g/mol. The number of thiocarbonyl (C=S) groups is 1. The second-order valence-electron chi connectivity index (χ2n) is 6.36. The highest BCUT2D eigenvalue weighted by molar-refractivity contribution is 7.80. The van der Waals surface area contributed by atoms with Gasteiger partial charge in [0, 0.05) is 29.7 Å². The van der Waals surface area contributed by atoms with E-state index in [1.807, 2.05) is 42.5 Å². The summed E-state index contributed by atoms with van der Waals surface area (Å²) in [5.74, 6) is 1.42. The number of rotatable bonds is 2. The Kier molecular flexibility index (Phi) is 4.59. The van der Waals surface area contributed by atoms with Gasteiger partial charge in [0.05, 0.1) is 11.0 Å². The van der Waals surface area contributed by atoms with Gasteiger partial charge in [-0.05, 0) is 61.5 Å². The Bertz CT molecular complexity index is 857. The van der Waals surface area contributed by atoms with Crippen molar-refractivity contribution in [1.29, 1.82) is 0 Å². The van der Waals surface area contributed by atoms with Gasteiger partial charge in [-0.25, -0.2) is 4.98 Å². The standard InChI is InChI=1S/C19H19ClN4S/c20-14-7-9-15(10-8-14)21-19(25)24-11-3-4-13(12-24)18-22-16-5-1-2-6-17(16)23-18/h1-2,5-10,13H,3-4,11-12H2,(H,21,25)(H,22,23).